The van der Waals surface area contributed by atoms with Crippen LogP contribution in [0.5, 0.6) is 17.4 Å². The number of methoxy groups -OCH3 is 2. The topological polar surface area (TPSA) is 83.0 Å². The van der Waals surface area contributed by atoms with E-state index in [1.807, 2.05) is 36.9 Å². The number of hydrogen-bond donors (Lipinski definition) is 0. The van der Waals surface area contributed by atoms with Gasteiger partial charge in [-0.3, -0.25) is 4.79 Å². The van der Waals surface area contributed by atoms with Crippen molar-refractivity contribution in [2.24, 2.45) is 5.92 Å². The highest BCUT2D eigenvalue weighted by molar-refractivity contribution is 5.79. The summed E-state index contributed by atoms with van der Waals surface area (Å²) in [5.74, 6) is 1.86. The fourth-order valence-corrected chi connectivity index (χ4v) is 4.26. The van der Waals surface area contributed by atoms with Gasteiger partial charge in [0.2, 0.25) is 11.8 Å². The highest BCUT2D eigenvalue weighted by Gasteiger charge is 2.36. The fraction of sp³-hybridized carbons (Fsp3) is 0.522. The van der Waals surface area contributed by atoms with Crippen molar-refractivity contribution < 1.29 is 23.7 Å². The van der Waals surface area contributed by atoms with Gasteiger partial charge in [0.1, 0.15) is 6.61 Å². The van der Waals surface area contributed by atoms with Gasteiger partial charge in [0, 0.05) is 36.3 Å². The van der Waals surface area contributed by atoms with Gasteiger partial charge in [-0.1, -0.05) is 0 Å². The predicted molar refractivity (Wildman–Crippen MR) is 114 cm³/mol. The minimum atomic E-state index is -0.276. The molecular weight excluding hydrogens is 398 g/mol. The van der Waals surface area contributed by atoms with Gasteiger partial charge in [-0.2, -0.15) is 0 Å². The number of ether oxygens (including phenoxy) is 4. The van der Waals surface area contributed by atoms with Gasteiger partial charge < -0.3 is 23.8 Å². The van der Waals surface area contributed by atoms with Crippen LogP contribution >= 0.6 is 0 Å². The lowest BCUT2D eigenvalue weighted by Crippen LogP contribution is -2.43. The van der Waals surface area contributed by atoms with E-state index in [4.69, 9.17) is 18.9 Å². The zero-order valence-corrected chi connectivity index (χ0v) is 18.5. The van der Waals surface area contributed by atoms with Crippen molar-refractivity contribution in [2.75, 3.05) is 34.0 Å². The van der Waals surface area contributed by atoms with Gasteiger partial charge in [-0.25, -0.2) is 0 Å². The largest absolute Gasteiger partial charge is 0.493 e. The Morgan fingerprint density at radius 1 is 1.16 bits per heavy atom. The zero-order chi connectivity index (χ0) is 22.0. The van der Waals surface area contributed by atoms with Crippen molar-refractivity contribution in [3.63, 3.8) is 0 Å². The molecule has 31 heavy (non-hydrogen) atoms. The highest BCUT2D eigenvalue weighted by atomic mass is 16.5. The zero-order valence-electron chi connectivity index (χ0n) is 18.5. The fourth-order valence-electron chi connectivity index (χ4n) is 4.26. The molecule has 3 heterocycles. The van der Waals surface area contributed by atoms with Crippen LogP contribution in [0.2, 0.25) is 0 Å². The van der Waals surface area contributed by atoms with Gasteiger partial charge in [0.15, 0.2) is 11.5 Å². The second-order valence-electron chi connectivity index (χ2n) is 8.53. The third kappa shape index (κ3) is 4.58. The third-order valence-electron chi connectivity index (χ3n) is 5.82. The molecular formula is C23H29N3O5. The lowest BCUT2D eigenvalue weighted by atomic mass is 9.87. The third-order valence-corrected chi connectivity index (χ3v) is 5.82. The summed E-state index contributed by atoms with van der Waals surface area (Å²) < 4.78 is 22.5. The second-order valence-corrected chi connectivity index (χ2v) is 8.53. The van der Waals surface area contributed by atoms with Crippen LogP contribution in [0.15, 0.2) is 24.3 Å². The molecule has 1 atom stereocenters. The Balaban J connectivity index is 1.62. The Morgan fingerprint density at radius 3 is 2.68 bits per heavy atom. The summed E-state index contributed by atoms with van der Waals surface area (Å²) in [6.45, 7) is 6.11. The van der Waals surface area contributed by atoms with Gasteiger partial charge in [0.05, 0.1) is 32.1 Å². The molecule has 2 aliphatic rings. The molecule has 0 bridgehead atoms. The van der Waals surface area contributed by atoms with Crippen LogP contribution in [0.3, 0.4) is 0 Å². The minimum absolute atomic E-state index is 0.0390. The average Bonchev–Trinajstić information content (AvgIpc) is 2.99. The molecule has 0 aliphatic carbocycles. The van der Waals surface area contributed by atoms with Crippen LogP contribution in [-0.2, 0) is 16.1 Å². The van der Waals surface area contributed by atoms with Crippen LogP contribution < -0.4 is 14.2 Å². The number of carbonyl (C=O) groups excluding carboxylic acids is 1. The van der Waals surface area contributed by atoms with Crippen molar-refractivity contribution in [3.05, 3.63) is 29.8 Å². The molecule has 166 valence electrons. The van der Waals surface area contributed by atoms with E-state index in [1.165, 1.54) is 0 Å². The van der Waals surface area contributed by atoms with E-state index in [0.29, 0.717) is 49.4 Å². The molecule has 1 amide bonds. The number of fused-ring (bicyclic) bond motifs is 1. The number of amides is 1. The molecule has 0 radical (unpaired) electrons. The summed E-state index contributed by atoms with van der Waals surface area (Å²) >= 11 is 0. The standard InChI is InChI=1S/C23H29N3O5/c1-23(2)13-15(7-9-31-23)22(27)26-8-10-30-21-17(14-26)11-16(12-19(21)28-3)18-5-6-20(29-4)25-24-18/h5-6,11-12,15H,7-10,13-14H2,1-4H3/t15-/m1/s1. The van der Waals surface area contributed by atoms with Crippen molar-refractivity contribution in [1.82, 2.24) is 15.1 Å². The lowest BCUT2D eigenvalue weighted by molar-refractivity contribution is -0.146. The molecule has 2 aromatic rings. The first-order valence-corrected chi connectivity index (χ1v) is 10.5. The van der Waals surface area contributed by atoms with Crippen molar-refractivity contribution >= 4 is 5.91 Å². The van der Waals surface area contributed by atoms with E-state index >= 15 is 0 Å². The number of hydrogen-bond acceptors (Lipinski definition) is 7. The Kier molecular flexibility index (Phi) is 6.00. The van der Waals surface area contributed by atoms with Gasteiger partial charge in [-0.15, -0.1) is 10.2 Å². The average molecular weight is 428 g/mol. The summed E-state index contributed by atoms with van der Waals surface area (Å²) in [5.41, 5.74) is 2.15. The first-order valence-electron chi connectivity index (χ1n) is 10.5. The predicted octanol–water partition coefficient (Wildman–Crippen LogP) is 3.09. The molecule has 2 aliphatic heterocycles. The van der Waals surface area contributed by atoms with Crippen molar-refractivity contribution in [2.45, 2.75) is 38.8 Å². The molecule has 8 heteroatoms. The van der Waals surface area contributed by atoms with E-state index in [-0.39, 0.29) is 17.4 Å². The molecule has 1 fully saturated rings. The van der Waals surface area contributed by atoms with Crippen molar-refractivity contribution in [1.29, 1.82) is 0 Å². The van der Waals surface area contributed by atoms with E-state index in [9.17, 15) is 4.79 Å². The Labute approximate surface area is 182 Å². The minimum Gasteiger partial charge on any atom is -0.493 e. The molecule has 1 aromatic heterocycles. The Hall–Kier alpha value is -2.87. The van der Waals surface area contributed by atoms with E-state index in [2.05, 4.69) is 10.2 Å². The monoisotopic (exact) mass is 427 g/mol. The van der Waals surface area contributed by atoms with E-state index < -0.39 is 0 Å². The summed E-state index contributed by atoms with van der Waals surface area (Å²) in [6.07, 6.45) is 1.47. The number of carbonyl (C=O) groups is 1. The summed E-state index contributed by atoms with van der Waals surface area (Å²) in [4.78, 5) is 15.2. The number of aromatic nitrogens is 2. The SMILES string of the molecule is COc1ccc(-c2cc3c(c(OC)c2)OCCN(C(=O)[C@@H]2CCOC(C)(C)C2)C3)nn1. The number of benzene rings is 1. The van der Waals surface area contributed by atoms with Crippen LogP contribution in [0, 0.1) is 5.92 Å². The van der Waals surface area contributed by atoms with Crippen LogP contribution in [0.4, 0.5) is 0 Å². The molecule has 1 aromatic carbocycles. The van der Waals surface area contributed by atoms with Crippen molar-refractivity contribution in [3.8, 4) is 28.6 Å². The van der Waals surface area contributed by atoms with Gasteiger partial charge in [0.25, 0.3) is 0 Å². The Morgan fingerprint density at radius 2 is 2.00 bits per heavy atom. The molecule has 8 nitrogen and oxygen atoms in total. The highest BCUT2D eigenvalue weighted by Crippen LogP contribution is 2.39. The summed E-state index contributed by atoms with van der Waals surface area (Å²) in [5, 5.41) is 8.30. The number of nitrogens with zero attached hydrogens (tertiary/aromatic N) is 3. The molecule has 0 saturated carbocycles. The van der Waals surface area contributed by atoms with E-state index in [0.717, 1.165) is 24.0 Å². The lowest BCUT2D eigenvalue weighted by Gasteiger charge is -2.36. The molecule has 0 spiro atoms. The Bertz CT molecular complexity index is 945. The molecule has 1 saturated heterocycles. The molecule has 4 rings (SSSR count). The van der Waals surface area contributed by atoms with E-state index in [1.54, 1.807) is 20.3 Å². The second kappa shape index (κ2) is 8.70. The quantitative estimate of drug-likeness (QED) is 0.741. The first-order chi connectivity index (χ1) is 14.9. The van der Waals surface area contributed by atoms with Crippen LogP contribution in [0.25, 0.3) is 11.3 Å². The maximum atomic E-state index is 13.3. The van der Waals surface area contributed by atoms with Gasteiger partial charge in [-0.05, 0) is 44.9 Å². The van der Waals surface area contributed by atoms with Crippen LogP contribution in [-0.4, -0.2) is 60.6 Å². The summed E-state index contributed by atoms with van der Waals surface area (Å²) in [6, 6.07) is 7.49. The number of rotatable bonds is 4. The molecule has 0 unspecified atom stereocenters. The van der Waals surface area contributed by atoms with Gasteiger partial charge >= 0.3 is 0 Å². The summed E-state index contributed by atoms with van der Waals surface area (Å²) in [7, 11) is 3.16. The normalized spacial score (nSPS) is 20.3. The molecule has 0 N–H and O–H groups in total. The smallest absolute Gasteiger partial charge is 0.233 e. The van der Waals surface area contributed by atoms with Crippen LogP contribution in [0.1, 0.15) is 32.3 Å². The maximum Gasteiger partial charge on any atom is 0.233 e. The maximum absolute atomic E-state index is 13.3. The first kappa shape index (κ1) is 21.4.